The van der Waals surface area contributed by atoms with Crippen molar-refractivity contribution in [3.63, 3.8) is 0 Å². The minimum absolute atomic E-state index is 0.00598. The van der Waals surface area contributed by atoms with Gasteiger partial charge in [-0.1, -0.05) is 24.3 Å². The average Bonchev–Trinajstić information content (AvgIpc) is 2.74. The molecule has 0 aliphatic heterocycles. The molecule has 5 nitrogen and oxygen atoms in total. The van der Waals surface area contributed by atoms with Gasteiger partial charge in [-0.2, -0.15) is 0 Å². The zero-order valence-corrected chi connectivity index (χ0v) is 17.2. The van der Waals surface area contributed by atoms with Crippen LogP contribution in [0.4, 0.5) is 5.69 Å². The normalized spacial score (nSPS) is 18.7. The molecule has 5 heteroatoms. The summed E-state index contributed by atoms with van der Waals surface area (Å²) in [4.78, 5) is 25.1. The maximum Gasteiger partial charge on any atom is 0.227 e. The predicted molar refractivity (Wildman–Crippen MR) is 115 cm³/mol. The number of carbonyl (C=O) groups excluding carboxylic acids is 2. The Bertz CT molecular complexity index is 824. The van der Waals surface area contributed by atoms with E-state index in [1.54, 1.807) is 0 Å². The molecule has 1 aliphatic carbocycles. The van der Waals surface area contributed by atoms with Gasteiger partial charge in [0.2, 0.25) is 11.8 Å². The third-order valence-electron chi connectivity index (χ3n) is 5.62. The van der Waals surface area contributed by atoms with Crippen LogP contribution in [-0.4, -0.2) is 18.4 Å². The number of hydrogen-bond donors (Lipinski definition) is 2. The van der Waals surface area contributed by atoms with Gasteiger partial charge in [-0.05, 0) is 74.9 Å². The molecule has 2 aromatic rings. The van der Waals surface area contributed by atoms with Gasteiger partial charge in [0.1, 0.15) is 5.75 Å². The van der Waals surface area contributed by atoms with Crippen LogP contribution in [0.1, 0.15) is 43.7 Å². The number of aryl methyl sites for hydroxylation is 1. The second kappa shape index (κ2) is 10.1. The number of hydrogen-bond acceptors (Lipinski definition) is 3. The molecule has 2 N–H and O–H groups in total. The Morgan fingerprint density at radius 1 is 0.931 bits per heavy atom. The molecule has 0 bridgehead atoms. The van der Waals surface area contributed by atoms with E-state index in [2.05, 4.69) is 23.6 Å². The van der Waals surface area contributed by atoms with Gasteiger partial charge in [-0.3, -0.25) is 9.59 Å². The molecule has 1 fully saturated rings. The van der Waals surface area contributed by atoms with Crippen LogP contribution in [0.3, 0.4) is 0 Å². The quantitative estimate of drug-likeness (QED) is 0.729. The molecule has 0 heterocycles. The molecule has 0 aromatic heterocycles. The second-order valence-electron chi connectivity index (χ2n) is 7.64. The van der Waals surface area contributed by atoms with E-state index in [0.717, 1.165) is 42.7 Å². The summed E-state index contributed by atoms with van der Waals surface area (Å²) in [6.45, 7) is 5.17. The Labute approximate surface area is 172 Å². The second-order valence-corrected chi connectivity index (χ2v) is 7.64. The van der Waals surface area contributed by atoms with E-state index in [0.29, 0.717) is 13.2 Å². The topological polar surface area (TPSA) is 67.4 Å². The lowest BCUT2D eigenvalue weighted by Crippen LogP contribution is -2.35. The third kappa shape index (κ3) is 5.83. The first-order valence-corrected chi connectivity index (χ1v) is 10.4. The van der Waals surface area contributed by atoms with Crippen LogP contribution in [0.15, 0.2) is 48.5 Å². The highest BCUT2D eigenvalue weighted by molar-refractivity contribution is 5.92. The summed E-state index contributed by atoms with van der Waals surface area (Å²) in [6.07, 6.45) is 2.98. The Hall–Kier alpha value is -2.82. The van der Waals surface area contributed by atoms with Crippen molar-refractivity contribution in [1.29, 1.82) is 0 Å². The van der Waals surface area contributed by atoms with E-state index >= 15 is 0 Å². The minimum atomic E-state index is -0.0398. The van der Waals surface area contributed by atoms with Crippen LogP contribution in [0.25, 0.3) is 0 Å². The fourth-order valence-corrected chi connectivity index (χ4v) is 3.80. The zero-order chi connectivity index (χ0) is 20.6. The van der Waals surface area contributed by atoms with E-state index in [1.165, 1.54) is 5.56 Å². The molecular formula is C24H30N2O3. The summed E-state index contributed by atoms with van der Waals surface area (Å²) in [5.41, 5.74) is 3.10. The highest BCUT2D eigenvalue weighted by Gasteiger charge is 2.29. The molecule has 1 saturated carbocycles. The van der Waals surface area contributed by atoms with Crippen molar-refractivity contribution in [1.82, 2.24) is 5.32 Å². The minimum Gasteiger partial charge on any atom is -0.494 e. The first kappa shape index (κ1) is 20.9. The number of amides is 2. The van der Waals surface area contributed by atoms with Crippen LogP contribution in [0, 0.1) is 18.8 Å². The van der Waals surface area contributed by atoms with Gasteiger partial charge in [0.15, 0.2) is 0 Å². The van der Waals surface area contributed by atoms with Crippen LogP contribution in [0.2, 0.25) is 0 Å². The van der Waals surface area contributed by atoms with Gasteiger partial charge >= 0.3 is 0 Å². The standard InChI is InChI=1S/C24H30N2O3/c1-3-29-22-14-12-21(13-15-22)26-24(28)19-10-8-18(9-11-19)23(27)25-16-20-7-5-4-6-17(20)2/h4-7,12-15,18-19H,3,8-11,16H2,1-2H3,(H,25,27)(H,26,28). The van der Waals surface area contributed by atoms with Crippen molar-refractivity contribution in [2.45, 2.75) is 46.1 Å². The van der Waals surface area contributed by atoms with Crippen molar-refractivity contribution in [2.75, 3.05) is 11.9 Å². The summed E-state index contributed by atoms with van der Waals surface area (Å²) < 4.78 is 5.42. The van der Waals surface area contributed by atoms with Crippen LogP contribution < -0.4 is 15.4 Å². The van der Waals surface area contributed by atoms with E-state index in [-0.39, 0.29) is 23.7 Å². The Morgan fingerprint density at radius 3 is 2.17 bits per heavy atom. The predicted octanol–water partition coefficient (Wildman–Crippen LogP) is 4.46. The zero-order valence-electron chi connectivity index (χ0n) is 17.2. The van der Waals surface area contributed by atoms with E-state index in [1.807, 2.05) is 49.4 Å². The lowest BCUT2D eigenvalue weighted by Gasteiger charge is -2.27. The van der Waals surface area contributed by atoms with Crippen molar-refractivity contribution in [3.05, 3.63) is 59.7 Å². The highest BCUT2D eigenvalue weighted by atomic mass is 16.5. The van der Waals surface area contributed by atoms with E-state index in [4.69, 9.17) is 4.74 Å². The lowest BCUT2D eigenvalue weighted by atomic mass is 9.81. The molecular weight excluding hydrogens is 364 g/mol. The van der Waals surface area contributed by atoms with Gasteiger partial charge in [-0.25, -0.2) is 0 Å². The summed E-state index contributed by atoms with van der Waals surface area (Å²) in [7, 11) is 0. The van der Waals surface area contributed by atoms with Gasteiger partial charge < -0.3 is 15.4 Å². The van der Waals surface area contributed by atoms with Gasteiger partial charge in [0.25, 0.3) is 0 Å². The molecule has 29 heavy (non-hydrogen) atoms. The molecule has 0 radical (unpaired) electrons. The molecule has 0 unspecified atom stereocenters. The highest BCUT2D eigenvalue weighted by Crippen LogP contribution is 2.30. The molecule has 2 aromatic carbocycles. The Balaban J connectivity index is 1.43. The maximum absolute atomic E-state index is 12.6. The monoisotopic (exact) mass is 394 g/mol. The Morgan fingerprint density at radius 2 is 1.55 bits per heavy atom. The Kier molecular flexibility index (Phi) is 7.28. The van der Waals surface area contributed by atoms with E-state index in [9.17, 15) is 9.59 Å². The molecule has 3 rings (SSSR count). The van der Waals surface area contributed by atoms with Gasteiger partial charge in [0.05, 0.1) is 6.61 Å². The van der Waals surface area contributed by atoms with Crippen molar-refractivity contribution in [3.8, 4) is 5.75 Å². The first-order valence-electron chi connectivity index (χ1n) is 10.4. The fraction of sp³-hybridized carbons (Fsp3) is 0.417. The number of nitrogens with one attached hydrogen (secondary N) is 2. The number of rotatable bonds is 7. The number of benzene rings is 2. The summed E-state index contributed by atoms with van der Waals surface area (Å²) >= 11 is 0. The van der Waals surface area contributed by atoms with Crippen molar-refractivity contribution in [2.24, 2.45) is 11.8 Å². The van der Waals surface area contributed by atoms with Crippen LogP contribution in [-0.2, 0) is 16.1 Å². The smallest absolute Gasteiger partial charge is 0.227 e. The molecule has 0 atom stereocenters. The van der Waals surface area contributed by atoms with Crippen LogP contribution >= 0.6 is 0 Å². The molecule has 1 aliphatic rings. The summed E-state index contributed by atoms with van der Waals surface area (Å²) in [5.74, 6) is 0.879. The average molecular weight is 395 g/mol. The number of ether oxygens (including phenoxy) is 1. The SMILES string of the molecule is CCOc1ccc(NC(=O)C2CCC(C(=O)NCc3ccccc3C)CC2)cc1. The third-order valence-corrected chi connectivity index (χ3v) is 5.62. The van der Waals surface area contributed by atoms with Crippen molar-refractivity contribution >= 4 is 17.5 Å². The number of carbonyl (C=O) groups is 2. The summed E-state index contributed by atoms with van der Waals surface area (Å²) in [6, 6.07) is 15.5. The summed E-state index contributed by atoms with van der Waals surface area (Å²) in [5, 5.41) is 6.04. The molecule has 2 amide bonds. The first-order chi connectivity index (χ1) is 14.1. The van der Waals surface area contributed by atoms with Crippen LogP contribution in [0.5, 0.6) is 5.75 Å². The molecule has 0 saturated heterocycles. The molecule has 0 spiro atoms. The number of anilines is 1. The maximum atomic E-state index is 12.6. The lowest BCUT2D eigenvalue weighted by molar-refractivity contribution is -0.128. The van der Waals surface area contributed by atoms with E-state index < -0.39 is 0 Å². The van der Waals surface area contributed by atoms with Gasteiger partial charge in [0, 0.05) is 24.1 Å². The van der Waals surface area contributed by atoms with Crippen molar-refractivity contribution < 1.29 is 14.3 Å². The van der Waals surface area contributed by atoms with Gasteiger partial charge in [-0.15, -0.1) is 0 Å². The molecule has 154 valence electrons. The largest absolute Gasteiger partial charge is 0.494 e. The fourth-order valence-electron chi connectivity index (χ4n) is 3.80.